The summed E-state index contributed by atoms with van der Waals surface area (Å²) in [6.45, 7) is 3.72. The van der Waals surface area contributed by atoms with Crippen LogP contribution in [0.2, 0.25) is 0 Å². The Balaban J connectivity index is 1.77. The molecule has 100 valence electrons. The van der Waals surface area contributed by atoms with Crippen molar-refractivity contribution in [3.8, 4) is 0 Å². The topological polar surface area (TPSA) is 18.5 Å². The van der Waals surface area contributed by atoms with E-state index in [1.54, 1.807) is 0 Å². The Hall–Kier alpha value is -0.120. The first-order valence-electron chi connectivity index (χ1n) is 7.22. The number of hydrogen-bond acceptors (Lipinski definition) is 3. The minimum atomic E-state index is 0.470. The Morgan fingerprint density at radius 1 is 1.18 bits per heavy atom. The molecule has 1 saturated heterocycles. The van der Waals surface area contributed by atoms with Gasteiger partial charge in [0.05, 0.1) is 0 Å². The predicted molar refractivity (Wildman–Crippen MR) is 73.4 cm³/mol. The molecule has 17 heavy (non-hydrogen) atoms. The fraction of sp³-hybridized carbons (Fsp3) is 1.00. The standard InChI is InChI=1S/C14H29N3/c1-16(2)14(8-5-9-14)12-15-13-6-4-10-17(3)11-7-13/h13,15H,4-12H2,1-3H3. The first-order chi connectivity index (χ1) is 8.12. The third-order valence-corrected chi connectivity index (χ3v) is 4.90. The zero-order valence-electron chi connectivity index (χ0n) is 11.8. The summed E-state index contributed by atoms with van der Waals surface area (Å²) in [5, 5.41) is 3.84. The summed E-state index contributed by atoms with van der Waals surface area (Å²) in [5.41, 5.74) is 0.470. The maximum atomic E-state index is 3.84. The normalized spacial score (nSPS) is 30.0. The quantitative estimate of drug-likeness (QED) is 0.803. The van der Waals surface area contributed by atoms with Gasteiger partial charge in [-0.1, -0.05) is 0 Å². The van der Waals surface area contributed by atoms with Crippen molar-refractivity contribution in [1.29, 1.82) is 0 Å². The molecule has 2 aliphatic rings. The molecular weight excluding hydrogens is 210 g/mol. The van der Waals surface area contributed by atoms with Crippen LogP contribution in [0.1, 0.15) is 38.5 Å². The SMILES string of the molecule is CN1CCCC(NCC2(N(C)C)CCC2)CC1. The zero-order chi connectivity index (χ0) is 12.3. The highest BCUT2D eigenvalue weighted by Gasteiger charge is 2.39. The molecule has 0 aromatic heterocycles. The van der Waals surface area contributed by atoms with Crippen molar-refractivity contribution < 1.29 is 0 Å². The lowest BCUT2D eigenvalue weighted by Crippen LogP contribution is -2.57. The van der Waals surface area contributed by atoms with E-state index >= 15 is 0 Å². The first kappa shape index (κ1) is 13.3. The fourth-order valence-electron chi connectivity index (χ4n) is 3.15. The molecule has 3 heteroatoms. The van der Waals surface area contributed by atoms with Crippen molar-refractivity contribution in [2.75, 3.05) is 40.8 Å². The van der Waals surface area contributed by atoms with Crippen LogP contribution in [0.3, 0.4) is 0 Å². The van der Waals surface area contributed by atoms with E-state index in [-0.39, 0.29) is 0 Å². The maximum absolute atomic E-state index is 3.84. The van der Waals surface area contributed by atoms with Crippen molar-refractivity contribution in [2.45, 2.75) is 50.1 Å². The van der Waals surface area contributed by atoms with Gasteiger partial charge in [0.1, 0.15) is 0 Å². The minimum Gasteiger partial charge on any atom is -0.312 e. The maximum Gasteiger partial charge on any atom is 0.0328 e. The average Bonchev–Trinajstić information content (AvgIpc) is 2.41. The predicted octanol–water partition coefficient (Wildman–Crippen LogP) is 1.54. The second kappa shape index (κ2) is 5.68. The van der Waals surface area contributed by atoms with Gasteiger partial charge in [-0.3, -0.25) is 0 Å². The lowest BCUT2D eigenvalue weighted by Gasteiger charge is -2.48. The number of likely N-dealkylation sites (N-methyl/N-ethyl adjacent to an activating group) is 1. The van der Waals surface area contributed by atoms with Crippen LogP contribution in [-0.2, 0) is 0 Å². The van der Waals surface area contributed by atoms with E-state index < -0.39 is 0 Å². The van der Waals surface area contributed by atoms with Crippen molar-refractivity contribution in [2.24, 2.45) is 0 Å². The second-order valence-corrected chi connectivity index (χ2v) is 6.28. The van der Waals surface area contributed by atoms with E-state index in [9.17, 15) is 0 Å². The van der Waals surface area contributed by atoms with E-state index in [0.29, 0.717) is 5.54 Å². The van der Waals surface area contributed by atoms with Gasteiger partial charge in [-0.15, -0.1) is 0 Å². The molecule has 0 amide bonds. The molecule has 2 fully saturated rings. The van der Waals surface area contributed by atoms with Crippen molar-refractivity contribution >= 4 is 0 Å². The second-order valence-electron chi connectivity index (χ2n) is 6.28. The van der Waals surface area contributed by atoms with Crippen molar-refractivity contribution in [3.05, 3.63) is 0 Å². The molecule has 1 atom stereocenters. The Labute approximate surface area is 107 Å². The van der Waals surface area contributed by atoms with Gasteiger partial charge in [-0.25, -0.2) is 0 Å². The van der Waals surface area contributed by atoms with Crippen LogP contribution in [-0.4, -0.2) is 62.2 Å². The summed E-state index contributed by atoms with van der Waals surface area (Å²) in [5.74, 6) is 0. The van der Waals surface area contributed by atoms with Crippen molar-refractivity contribution in [1.82, 2.24) is 15.1 Å². The van der Waals surface area contributed by atoms with Gasteiger partial charge in [-0.2, -0.15) is 0 Å². The van der Waals surface area contributed by atoms with Gasteiger partial charge in [0, 0.05) is 18.1 Å². The number of hydrogen-bond donors (Lipinski definition) is 1. The van der Waals surface area contributed by atoms with Crippen LogP contribution >= 0.6 is 0 Å². The molecule has 1 aliphatic carbocycles. The van der Waals surface area contributed by atoms with E-state index in [1.807, 2.05) is 0 Å². The Bertz CT molecular complexity index is 236. The zero-order valence-corrected chi connectivity index (χ0v) is 11.8. The van der Waals surface area contributed by atoms with Gasteiger partial charge >= 0.3 is 0 Å². The van der Waals surface area contributed by atoms with Gasteiger partial charge < -0.3 is 15.1 Å². The molecule has 3 nitrogen and oxygen atoms in total. The first-order valence-corrected chi connectivity index (χ1v) is 7.22. The van der Waals surface area contributed by atoms with Crippen LogP contribution in [0.25, 0.3) is 0 Å². The third-order valence-electron chi connectivity index (χ3n) is 4.90. The molecule has 2 rings (SSSR count). The van der Waals surface area contributed by atoms with E-state index in [2.05, 4.69) is 36.3 Å². The number of nitrogens with one attached hydrogen (secondary N) is 1. The van der Waals surface area contributed by atoms with Crippen LogP contribution in [0.5, 0.6) is 0 Å². The molecule has 1 aliphatic heterocycles. The van der Waals surface area contributed by atoms with Crippen LogP contribution in [0.15, 0.2) is 0 Å². The summed E-state index contributed by atoms with van der Waals surface area (Å²) in [6.07, 6.45) is 8.18. The third kappa shape index (κ3) is 3.21. The number of nitrogens with zero attached hydrogens (tertiary/aromatic N) is 2. The van der Waals surface area contributed by atoms with E-state index in [4.69, 9.17) is 0 Å². The fourth-order valence-corrected chi connectivity index (χ4v) is 3.15. The van der Waals surface area contributed by atoms with Crippen LogP contribution in [0, 0.1) is 0 Å². The minimum absolute atomic E-state index is 0.470. The molecule has 1 unspecified atom stereocenters. The smallest absolute Gasteiger partial charge is 0.0328 e. The van der Waals surface area contributed by atoms with E-state index in [1.165, 1.54) is 58.2 Å². The number of likely N-dealkylation sites (tertiary alicyclic amines) is 1. The summed E-state index contributed by atoms with van der Waals surface area (Å²) in [6, 6.07) is 0.748. The van der Waals surface area contributed by atoms with Gasteiger partial charge in [0.15, 0.2) is 0 Å². The summed E-state index contributed by atoms with van der Waals surface area (Å²) in [7, 11) is 6.72. The average molecular weight is 239 g/mol. The van der Waals surface area contributed by atoms with E-state index in [0.717, 1.165) is 6.04 Å². The summed E-state index contributed by atoms with van der Waals surface area (Å²) in [4.78, 5) is 4.90. The Morgan fingerprint density at radius 3 is 2.53 bits per heavy atom. The summed E-state index contributed by atoms with van der Waals surface area (Å²) >= 11 is 0. The molecule has 0 radical (unpaired) electrons. The van der Waals surface area contributed by atoms with Gasteiger partial charge in [0.25, 0.3) is 0 Å². The molecule has 1 saturated carbocycles. The molecular formula is C14H29N3. The molecule has 0 bridgehead atoms. The molecule has 1 N–H and O–H groups in total. The van der Waals surface area contributed by atoms with Crippen molar-refractivity contribution in [3.63, 3.8) is 0 Å². The lowest BCUT2D eigenvalue weighted by atomic mass is 9.75. The Kier molecular flexibility index (Phi) is 4.45. The van der Waals surface area contributed by atoms with Gasteiger partial charge in [-0.05, 0) is 72.8 Å². The number of rotatable bonds is 4. The largest absolute Gasteiger partial charge is 0.312 e. The lowest BCUT2D eigenvalue weighted by molar-refractivity contribution is 0.0565. The highest BCUT2D eigenvalue weighted by Crippen LogP contribution is 2.35. The highest BCUT2D eigenvalue weighted by atomic mass is 15.2. The van der Waals surface area contributed by atoms with Crippen LogP contribution < -0.4 is 5.32 Å². The summed E-state index contributed by atoms with van der Waals surface area (Å²) < 4.78 is 0. The molecule has 0 spiro atoms. The monoisotopic (exact) mass is 239 g/mol. The Morgan fingerprint density at radius 2 is 1.94 bits per heavy atom. The molecule has 1 heterocycles. The molecule has 0 aromatic rings. The molecule has 0 aromatic carbocycles. The van der Waals surface area contributed by atoms with Gasteiger partial charge in [0.2, 0.25) is 0 Å². The highest BCUT2D eigenvalue weighted by molar-refractivity contribution is 4.98. The van der Waals surface area contributed by atoms with Crippen LogP contribution in [0.4, 0.5) is 0 Å².